The molecule has 0 amide bonds. The summed E-state index contributed by atoms with van der Waals surface area (Å²) in [5, 5.41) is 15.8. The Morgan fingerprint density at radius 3 is 2.73 bits per heavy atom. The predicted octanol–water partition coefficient (Wildman–Crippen LogP) is 4.26. The maximum Gasteiger partial charge on any atom is 0.267 e. The van der Waals surface area contributed by atoms with E-state index in [9.17, 15) is 4.79 Å². The standard InChI is InChI=1S/C22H29ClN6O/c1-2-4-18-14-28(27-25-18)20-7-8-21(30)29(26-20)19-9-11-22(15-24,12-10-19)16-5-3-6-17(23)13-16/h3,5-8,13,18-19H,2,4,9-12,14-15,24H2,1H3. The van der Waals surface area contributed by atoms with E-state index in [2.05, 4.69) is 28.4 Å². The van der Waals surface area contributed by atoms with Crippen LogP contribution in [0.15, 0.2) is 51.5 Å². The van der Waals surface area contributed by atoms with Crippen molar-refractivity contribution in [3.05, 3.63) is 57.3 Å². The number of nitrogens with two attached hydrogens (primary N) is 1. The van der Waals surface area contributed by atoms with Gasteiger partial charge in [-0.3, -0.25) is 4.79 Å². The first-order valence-corrected chi connectivity index (χ1v) is 11.2. The van der Waals surface area contributed by atoms with Crippen LogP contribution >= 0.6 is 11.6 Å². The summed E-state index contributed by atoms with van der Waals surface area (Å²) in [5.74, 6) is 0.683. The third-order valence-electron chi connectivity index (χ3n) is 6.49. The van der Waals surface area contributed by atoms with Crippen molar-refractivity contribution < 1.29 is 0 Å². The molecule has 0 radical (unpaired) electrons. The Labute approximate surface area is 181 Å². The highest BCUT2D eigenvalue weighted by molar-refractivity contribution is 6.30. The maximum atomic E-state index is 12.6. The molecule has 4 rings (SSSR count). The highest BCUT2D eigenvalue weighted by atomic mass is 35.5. The van der Waals surface area contributed by atoms with Crippen LogP contribution in [-0.4, -0.2) is 28.9 Å². The summed E-state index contributed by atoms with van der Waals surface area (Å²) in [7, 11) is 0. The predicted molar refractivity (Wildman–Crippen MR) is 119 cm³/mol. The minimum atomic E-state index is -0.0981. The fourth-order valence-corrected chi connectivity index (χ4v) is 4.86. The monoisotopic (exact) mass is 428 g/mol. The lowest BCUT2D eigenvalue weighted by molar-refractivity contribution is 0.222. The number of aromatic nitrogens is 2. The van der Waals surface area contributed by atoms with E-state index in [0.29, 0.717) is 12.4 Å². The minimum absolute atomic E-state index is 0.0577. The molecular weight excluding hydrogens is 400 g/mol. The molecule has 160 valence electrons. The number of benzene rings is 1. The second-order valence-corrected chi connectivity index (χ2v) is 8.87. The Balaban J connectivity index is 1.51. The number of hydrogen-bond acceptors (Lipinski definition) is 6. The Kier molecular flexibility index (Phi) is 6.20. The van der Waals surface area contributed by atoms with Gasteiger partial charge >= 0.3 is 0 Å². The zero-order valence-corrected chi connectivity index (χ0v) is 18.1. The van der Waals surface area contributed by atoms with Crippen molar-refractivity contribution in [3.8, 4) is 0 Å². The van der Waals surface area contributed by atoms with Gasteiger partial charge in [-0.15, -0.1) is 5.10 Å². The summed E-state index contributed by atoms with van der Waals surface area (Å²) in [6.07, 6.45) is 5.57. The average molecular weight is 429 g/mol. The van der Waals surface area contributed by atoms with E-state index >= 15 is 0 Å². The summed E-state index contributed by atoms with van der Waals surface area (Å²) < 4.78 is 1.64. The topological polar surface area (TPSA) is 88.9 Å². The molecular formula is C22H29ClN6O. The highest BCUT2D eigenvalue weighted by Gasteiger charge is 2.37. The third kappa shape index (κ3) is 4.14. The Bertz CT molecular complexity index is 966. The van der Waals surface area contributed by atoms with Crippen LogP contribution in [0.1, 0.15) is 57.1 Å². The molecule has 1 atom stereocenters. The molecule has 1 unspecified atom stereocenters. The first kappa shape index (κ1) is 21.0. The van der Waals surface area contributed by atoms with Gasteiger partial charge in [-0.25, -0.2) is 9.69 Å². The lowest BCUT2D eigenvalue weighted by atomic mass is 9.68. The second kappa shape index (κ2) is 8.86. The first-order valence-electron chi connectivity index (χ1n) is 10.8. The van der Waals surface area contributed by atoms with E-state index in [1.165, 1.54) is 5.56 Å². The van der Waals surface area contributed by atoms with Crippen molar-refractivity contribution in [2.24, 2.45) is 16.1 Å². The highest BCUT2D eigenvalue weighted by Crippen LogP contribution is 2.42. The lowest BCUT2D eigenvalue weighted by Crippen LogP contribution is -2.41. The first-order chi connectivity index (χ1) is 14.5. The molecule has 2 aromatic rings. The summed E-state index contributed by atoms with van der Waals surface area (Å²) in [5.41, 5.74) is 7.23. The van der Waals surface area contributed by atoms with Gasteiger partial charge in [-0.1, -0.05) is 42.3 Å². The van der Waals surface area contributed by atoms with E-state index in [1.807, 2.05) is 18.2 Å². The number of nitrogens with zero attached hydrogens (tertiary/aromatic N) is 5. The molecule has 7 nitrogen and oxygen atoms in total. The number of rotatable bonds is 6. The minimum Gasteiger partial charge on any atom is -0.330 e. The van der Waals surface area contributed by atoms with Gasteiger partial charge < -0.3 is 5.73 Å². The van der Waals surface area contributed by atoms with Gasteiger partial charge in [0.2, 0.25) is 0 Å². The van der Waals surface area contributed by atoms with Crippen molar-refractivity contribution in [3.63, 3.8) is 0 Å². The van der Waals surface area contributed by atoms with E-state index in [0.717, 1.165) is 50.1 Å². The van der Waals surface area contributed by atoms with Gasteiger partial charge in [0.1, 0.15) is 0 Å². The summed E-state index contributed by atoms with van der Waals surface area (Å²) in [6, 6.07) is 11.6. The molecule has 0 spiro atoms. The van der Waals surface area contributed by atoms with Crippen LogP contribution in [0.3, 0.4) is 0 Å². The molecule has 2 aliphatic rings. The van der Waals surface area contributed by atoms with E-state index in [-0.39, 0.29) is 23.1 Å². The van der Waals surface area contributed by atoms with Crippen molar-refractivity contribution in [2.75, 3.05) is 18.1 Å². The summed E-state index contributed by atoms with van der Waals surface area (Å²) in [6.45, 7) is 3.43. The van der Waals surface area contributed by atoms with E-state index in [1.54, 1.807) is 21.8 Å². The molecule has 1 aliphatic heterocycles. The van der Waals surface area contributed by atoms with Crippen LogP contribution in [0, 0.1) is 0 Å². The Morgan fingerprint density at radius 2 is 2.03 bits per heavy atom. The molecule has 1 aliphatic carbocycles. The molecule has 1 fully saturated rings. The molecule has 2 heterocycles. The van der Waals surface area contributed by atoms with E-state index < -0.39 is 0 Å². The molecule has 0 saturated heterocycles. The van der Waals surface area contributed by atoms with Gasteiger partial charge in [0.25, 0.3) is 5.56 Å². The number of hydrogen-bond donors (Lipinski definition) is 1. The SMILES string of the molecule is CCCC1CN(c2ccc(=O)n(C3CCC(CN)(c4cccc(Cl)c4)CC3)n2)N=N1. The van der Waals surface area contributed by atoms with Crippen LogP contribution in [0.5, 0.6) is 0 Å². The van der Waals surface area contributed by atoms with Gasteiger partial charge in [0.05, 0.1) is 18.6 Å². The molecule has 2 N–H and O–H groups in total. The average Bonchev–Trinajstić information content (AvgIpc) is 3.23. The van der Waals surface area contributed by atoms with Crippen molar-refractivity contribution in [1.29, 1.82) is 0 Å². The molecule has 1 saturated carbocycles. The summed E-state index contributed by atoms with van der Waals surface area (Å²) >= 11 is 6.22. The van der Waals surface area contributed by atoms with Crippen molar-refractivity contribution in [1.82, 2.24) is 9.78 Å². The molecule has 1 aromatic heterocycles. The smallest absolute Gasteiger partial charge is 0.267 e. The number of anilines is 1. The zero-order chi connectivity index (χ0) is 21.1. The fraction of sp³-hybridized carbons (Fsp3) is 0.545. The zero-order valence-electron chi connectivity index (χ0n) is 17.4. The van der Waals surface area contributed by atoms with Crippen molar-refractivity contribution >= 4 is 17.4 Å². The fourth-order valence-electron chi connectivity index (χ4n) is 4.67. The largest absolute Gasteiger partial charge is 0.330 e. The second-order valence-electron chi connectivity index (χ2n) is 8.43. The van der Waals surface area contributed by atoms with Crippen LogP contribution in [-0.2, 0) is 5.41 Å². The quantitative estimate of drug-likeness (QED) is 0.744. The molecule has 1 aromatic carbocycles. The molecule has 30 heavy (non-hydrogen) atoms. The summed E-state index contributed by atoms with van der Waals surface area (Å²) in [4.78, 5) is 12.6. The third-order valence-corrected chi connectivity index (χ3v) is 6.72. The van der Waals surface area contributed by atoms with Gasteiger partial charge in [-0.2, -0.15) is 5.11 Å². The van der Waals surface area contributed by atoms with Crippen LogP contribution in [0.4, 0.5) is 5.82 Å². The number of halogens is 1. The van der Waals surface area contributed by atoms with Gasteiger partial charge in [0, 0.05) is 23.0 Å². The van der Waals surface area contributed by atoms with E-state index in [4.69, 9.17) is 17.3 Å². The van der Waals surface area contributed by atoms with Crippen LogP contribution < -0.4 is 16.3 Å². The van der Waals surface area contributed by atoms with Crippen LogP contribution in [0.25, 0.3) is 0 Å². The molecule has 8 heteroatoms. The Morgan fingerprint density at radius 1 is 1.23 bits per heavy atom. The normalized spacial score (nSPS) is 26.3. The Hall–Kier alpha value is -2.25. The lowest BCUT2D eigenvalue weighted by Gasteiger charge is -2.40. The van der Waals surface area contributed by atoms with Gasteiger partial charge in [0.15, 0.2) is 5.82 Å². The van der Waals surface area contributed by atoms with Gasteiger partial charge in [-0.05, 0) is 55.9 Å². The molecule has 0 bridgehead atoms. The van der Waals surface area contributed by atoms with Crippen molar-refractivity contribution in [2.45, 2.75) is 62.9 Å². The maximum absolute atomic E-state index is 12.6. The van der Waals surface area contributed by atoms with Crippen LogP contribution in [0.2, 0.25) is 5.02 Å².